The topological polar surface area (TPSA) is 78.1 Å². The van der Waals surface area contributed by atoms with Gasteiger partial charge < -0.3 is 15.2 Å². The maximum Gasteiger partial charge on any atom is 0.224 e. The zero-order chi connectivity index (χ0) is 25.8. The largest absolute Gasteiger partial charge is 0.346 e. The molecule has 1 aromatic heterocycles. The summed E-state index contributed by atoms with van der Waals surface area (Å²) in [6.45, 7) is 5.45. The molecule has 0 bridgehead atoms. The summed E-state index contributed by atoms with van der Waals surface area (Å²) in [5.74, 6) is 1.77. The lowest BCUT2D eigenvalue weighted by molar-refractivity contribution is -0.124. The van der Waals surface area contributed by atoms with Crippen LogP contribution in [0, 0.1) is 23.1 Å². The van der Waals surface area contributed by atoms with Crippen molar-refractivity contribution in [1.82, 2.24) is 20.2 Å². The van der Waals surface area contributed by atoms with Gasteiger partial charge in [0.1, 0.15) is 17.4 Å². The molecule has 37 heavy (non-hydrogen) atoms. The number of nitrogens with one attached hydrogen (secondary N) is 2. The number of carbonyl (C=O) groups is 2. The number of ketones is 1. The molecule has 1 aliphatic heterocycles. The predicted octanol–water partition coefficient (Wildman–Crippen LogP) is 5.81. The van der Waals surface area contributed by atoms with Crippen molar-refractivity contribution in [3.8, 4) is 11.3 Å². The smallest absolute Gasteiger partial charge is 0.224 e. The van der Waals surface area contributed by atoms with Crippen molar-refractivity contribution in [2.75, 3.05) is 19.6 Å². The normalized spacial score (nSPS) is 21.6. The van der Waals surface area contributed by atoms with Crippen LogP contribution in [-0.4, -0.2) is 46.2 Å². The third kappa shape index (κ3) is 6.67. The third-order valence-electron chi connectivity index (χ3n) is 8.86. The second-order valence-electron chi connectivity index (χ2n) is 11.6. The molecule has 2 aromatic rings. The fourth-order valence-corrected chi connectivity index (χ4v) is 6.02. The molecular weight excluding hydrogens is 467 g/mol. The van der Waals surface area contributed by atoms with Crippen LogP contribution in [0.15, 0.2) is 30.5 Å². The molecule has 5 rings (SSSR count). The summed E-state index contributed by atoms with van der Waals surface area (Å²) in [7, 11) is 0. The quantitative estimate of drug-likeness (QED) is 0.335. The van der Waals surface area contributed by atoms with Crippen molar-refractivity contribution < 1.29 is 14.0 Å². The number of amides is 1. The monoisotopic (exact) mass is 508 g/mol. The van der Waals surface area contributed by atoms with E-state index in [4.69, 9.17) is 0 Å². The molecular formula is C30H41FN4O2. The maximum atomic E-state index is 13.4. The minimum absolute atomic E-state index is 0.0978. The van der Waals surface area contributed by atoms with Crippen LogP contribution in [0.2, 0.25) is 0 Å². The minimum atomic E-state index is -0.271. The van der Waals surface area contributed by atoms with Crippen molar-refractivity contribution in [3.05, 3.63) is 42.1 Å². The summed E-state index contributed by atoms with van der Waals surface area (Å²) in [5, 5.41) is 3.33. The van der Waals surface area contributed by atoms with Gasteiger partial charge in [0.05, 0.1) is 17.9 Å². The molecule has 2 atom stereocenters. The molecule has 2 aliphatic carbocycles. The van der Waals surface area contributed by atoms with Gasteiger partial charge >= 0.3 is 0 Å². The van der Waals surface area contributed by atoms with E-state index >= 15 is 0 Å². The number of rotatable bonds is 13. The van der Waals surface area contributed by atoms with Crippen molar-refractivity contribution >= 4 is 11.7 Å². The molecule has 2 saturated carbocycles. The summed E-state index contributed by atoms with van der Waals surface area (Å²) in [6.07, 6.45) is 12.4. The second-order valence-corrected chi connectivity index (χ2v) is 11.6. The molecule has 2 N–H and O–H groups in total. The molecule has 7 heteroatoms. The number of piperidine rings is 1. The average Bonchev–Trinajstić information content (AvgIpc) is 3.80. The lowest BCUT2D eigenvalue weighted by Gasteiger charge is -2.32. The molecule has 1 aromatic carbocycles. The van der Waals surface area contributed by atoms with Crippen LogP contribution in [0.25, 0.3) is 11.3 Å². The van der Waals surface area contributed by atoms with Crippen molar-refractivity contribution in [2.45, 2.75) is 83.6 Å². The lowest BCUT2D eigenvalue weighted by Crippen LogP contribution is -2.37. The molecule has 6 nitrogen and oxygen atoms in total. The van der Waals surface area contributed by atoms with Gasteiger partial charge in [-0.25, -0.2) is 9.37 Å². The zero-order valence-corrected chi connectivity index (χ0v) is 22.1. The average molecular weight is 509 g/mol. The number of unbranched alkanes of at least 4 members (excludes halogenated alkanes) is 2. The van der Waals surface area contributed by atoms with E-state index in [1.54, 1.807) is 18.3 Å². The Morgan fingerprint density at radius 1 is 1.16 bits per heavy atom. The first-order chi connectivity index (χ1) is 18.0. The number of carbonyl (C=O) groups excluding carboxylic acids is 2. The zero-order valence-electron chi connectivity index (χ0n) is 22.1. The number of benzene rings is 1. The van der Waals surface area contributed by atoms with E-state index in [1.807, 2.05) is 0 Å². The Morgan fingerprint density at radius 3 is 2.62 bits per heavy atom. The number of halogens is 1. The summed E-state index contributed by atoms with van der Waals surface area (Å²) >= 11 is 0. The molecule has 3 fully saturated rings. The van der Waals surface area contributed by atoms with Crippen LogP contribution >= 0.6 is 0 Å². The number of hydrogen-bond acceptors (Lipinski definition) is 4. The second kappa shape index (κ2) is 11.5. The van der Waals surface area contributed by atoms with Crippen molar-refractivity contribution in [3.63, 3.8) is 0 Å². The van der Waals surface area contributed by atoms with Crippen LogP contribution in [0.1, 0.15) is 89.4 Å². The molecule has 2 heterocycles. The summed E-state index contributed by atoms with van der Waals surface area (Å²) in [5.41, 5.74) is 1.86. The highest BCUT2D eigenvalue weighted by atomic mass is 19.1. The number of hydrogen-bond donors (Lipinski definition) is 2. The van der Waals surface area contributed by atoms with E-state index in [9.17, 15) is 14.0 Å². The summed E-state index contributed by atoms with van der Waals surface area (Å²) in [6, 6.07) is 6.15. The first-order valence-electron chi connectivity index (χ1n) is 14.3. The van der Waals surface area contributed by atoms with Crippen LogP contribution < -0.4 is 5.32 Å². The SMILES string of the molecule is CCN1CCC2(CC1)C[C@@H]2C(=O)N[C@@H](CCCCCC(=O)CC1CC1)c1ncc(-c2ccc(F)cc2)[nH]1. The Bertz CT molecular complexity index is 1070. The van der Waals surface area contributed by atoms with Gasteiger partial charge in [0.25, 0.3) is 0 Å². The minimum Gasteiger partial charge on any atom is -0.346 e. The van der Waals surface area contributed by atoms with Crippen LogP contribution in [0.3, 0.4) is 0 Å². The Balaban J connectivity index is 1.19. The Morgan fingerprint density at radius 2 is 1.92 bits per heavy atom. The highest BCUT2D eigenvalue weighted by molar-refractivity contribution is 5.83. The molecule has 1 spiro atoms. The van der Waals surface area contributed by atoms with Gasteiger partial charge in [-0.05, 0) is 106 Å². The van der Waals surface area contributed by atoms with Gasteiger partial charge in [-0.15, -0.1) is 0 Å². The summed E-state index contributed by atoms with van der Waals surface area (Å²) < 4.78 is 13.4. The molecule has 3 aliphatic rings. The number of H-pyrrole nitrogens is 1. The maximum absolute atomic E-state index is 13.4. The van der Waals surface area contributed by atoms with Gasteiger partial charge in [-0.2, -0.15) is 0 Å². The molecule has 0 unspecified atom stereocenters. The molecule has 200 valence electrons. The number of aromatic nitrogens is 2. The van der Waals surface area contributed by atoms with Gasteiger partial charge in [0, 0.05) is 18.8 Å². The van der Waals surface area contributed by atoms with E-state index in [0.29, 0.717) is 18.1 Å². The van der Waals surface area contributed by atoms with Gasteiger partial charge in [-0.3, -0.25) is 9.59 Å². The highest BCUT2D eigenvalue weighted by Crippen LogP contribution is 2.59. The van der Waals surface area contributed by atoms with E-state index in [1.165, 1.54) is 25.0 Å². The van der Waals surface area contributed by atoms with Crippen molar-refractivity contribution in [2.24, 2.45) is 17.3 Å². The fourth-order valence-electron chi connectivity index (χ4n) is 6.02. The van der Waals surface area contributed by atoms with Crippen LogP contribution in [-0.2, 0) is 9.59 Å². The number of imidazole rings is 1. The van der Waals surface area contributed by atoms with Crippen LogP contribution in [0.4, 0.5) is 4.39 Å². The predicted molar refractivity (Wildman–Crippen MR) is 142 cm³/mol. The lowest BCUT2D eigenvalue weighted by atomic mass is 9.90. The molecule has 1 saturated heterocycles. The van der Waals surface area contributed by atoms with Gasteiger partial charge in [0.2, 0.25) is 5.91 Å². The number of nitrogens with zero attached hydrogens (tertiary/aromatic N) is 2. The van der Waals surface area contributed by atoms with E-state index < -0.39 is 0 Å². The number of aromatic amines is 1. The Kier molecular flexibility index (Phi) is 8.08. The van der Waals surface area contributed by atoms with Crippen molar-refractivity contribution in [1.29, 1.82) is 0 Å². The van der Waals surface area contributed by atoms with E-state index in [-0.39, 0.29) is 29.1 Å². The molecule has 0 radical (unpaired) electrons. The van der Waals surface area contributed by atoms with Gasteiger partial charge in [-0.1, -0.05) is 19.8 Å². The van der Waals surface area contributed by atoms with Gasteiger partial charge in [0.15, 0.2) is 0 Å². The first kappa shape index (κ1) is 26.1. The third-order valence-corrected chi connectivity index (χ3v) is 8.86. The first-order valence-corrected chi connectivity index (χ1v) is 14.3. The van der Waals surface area contributed by atoms with E-state index in [2.05, 4.69) is 27.1 Å². The standard InChI is InChI=1S/C30H41FN4O2/c1-2-35-16-14-30(15-17-35)19-25(30)29(37)34-26(7-5-3-4-6-24(36)18-21-8-9-21)28-32-20-27(33-28)22-10-12-23(31)13-11-22/h10-13,20-21,25-26H,2-9,14-19H2,1H3,(H,32,33)(H,34,37)/t25-,26+/m1/s1. The Hall–Kier alpha value is -2.54. The fraction of sp³-hybridized carbons (Fsp3) is 0.633. The highest BCUT2D eigenvalue weighted by Gasteiger charge is 2.58. The number of Topliss-reactive ketones (excluding diaryl/α,β-unsaturated/α-hetero) is 1. The molecule has 1 amide bonds. The number of likely N-dealkylation sites (tertiary alicyclic amines) is 1. The van der Waals surface area contributed by atoms with E-state index in [0.717, 1.165) is 88.1 Å². The Labute approximate surface area is 219 Å². The summed E-state index contributed by atoms with van der Waals surface area (Å²) in [4.78, 5) is 35.9. The van der Waals surface area contributed by atoms with Crippen LogP contribution in [0.5, 0.6) is 0 Å².